The molecule has 1 fully saturated rings. The summed E-state index contributed by atoms with van der Waals surface area (Å²) in [6.45, 7) is 2.88. The van der Waals surface area contributed by atoms with E-state index in [1.807, 2.05) is 30.5 Å². The Kier molecular flexibility index (Phi) is 3.09. The van der Waals surface area contributed by atoms with Crippen molar-refractivity contribution in [3.63, 3.8) is 0 Å². The van der Waals surface area contributed by atoms with Gasteiger partial charge in [-0.3, -0.25) is 4.98 Å². The lowest BCUT2D eigenvalue weighted by Gasteiger charge is -2.25. The summed E-state index contributed by atoms with van der Waals surface area (Å²) in [5.74, 6) is 0.273. The van der Waals surface area contributed by atoms with E-state index in [0.717, 1.165) is 17.8 Å². The minimum absolute atomic E-state index is 0.117. The highest BCUT2D eigenvalue weighted by molar-refractivity contribution is 5.51. The van der Waals surface area contributed by atoms with Crippen LogP contribution in [-0.4, -0.2) is 22.7 Å². The molecule has 0 bridgehead atoms. The molecule has 0 saturated carbocycles. The first-order valence-electron chi connectivity index (χ1n) is 6.35. The molecule has 0 amide bonds. The number of phenolic OH excluding ortho intramolecular Hbond substituents is 1. The number of rotatable bonds is 2. The standard InChI is InChI=1S/C15H16N2O2/c1-11-10-17(13-4-6-14(18)7-5-13)15(19-11)12-3-2-8-16-9-12/h2-9,11,15,18H,10H2,1H3. The molecule has 3 rings (SSSR count). The Labute approximate surface area is 112 Å². The van der Waals surface area contributed by atoms with Gasteiger partial charge in [-0.05, 0) is 37.3 Å². The number of ether oxygens (including phenoxy) is 1. The summed E-state index contributed by atoms with van der Waals surface area (Å²) in [5.41, 5.74) is 2.08. The molecule has 1 aromatic carbocycles. The Morgan fingerprint density at radius 3 is 2.74 bits per heavy atom. The van der Waals surface area contributed by atoms with Crippen LogP contribution in [0.3, 0.4) is 0 Å². The molecule has 1 N–H and O–H groups in total. The van der Waals surface area contributed by atoms with Crippen molar-refractivity contribution in [3.05, 3.63) is 54.4 Å². The monoisotopic (exact) mass is 256 g/mol. The summed E-state index contributed by atoms with van der Waals surface area (Å²) in [4.78, 5) is 6.33. The first kappa shape index (κ1) is 12.0. The number of nitrogens with zero attached hydrogens (tertiary/aromatic N) is 2. The van der Waals surface area contributed by atoms with Gasteiger partial charge in [0.05, 0.1) is 6.10 Å². The largest absolute Gasteiger partial charge is 0.508 e. The Morgan fingerprint density at radius 2 is 2.05 bits per heavy atom. The Hall–Kier alpha value is -2.07. The van der Waals surface area contributed by atoms with Gasteiger partial charge in [-0.25, -0.2) is 0 Å². The molecule has 2 unspecified atom stereocenters. The molecular formula is C15H16N2O2. The first-order valence-corrected chi connectivity index (χ1v) is 6.35. The van der Waals surface area contributed by atoms with Crippen molar-refractivity contribution in [1.29, 1.82) is 0 Å². The molecule has 2 heterocycles. The summed E-state index contributed by atoms with van der Waals surface area (Å²) >= 11 is 0. The maximum atomic E-state index is 9.37. The zero-order valence-electron chi connectivity index (χ0n) is 10.7. The van der Waals surface area contributed by atoms with E-state index in [1.165, 1.54) is 0 Å². The smallest absolute Gasteiger partial charge is 0.158 e. The second-order valence-corrected chi connectivity index (χ2v) is 4.75. The summed E-state index contributed by atoms with van der Waals surface area (Å²) in [7, 11) is 0. The molecule has 2 aromatic rings. The van der Waals surface area contributed by atoms with E-state index < -0.39 is 0 Å². The molecule has 19 heavy (non-hydrogen) atoms. The highest BCUT2D eigenvalue weighted by atomic mass is 16.5. The van der Waals surface area contributed by atoms with Crippen molar-refractivity contribution in [2.75, 3.05) is 11.4 Å². The van der Waals surface area contributed by atoms with E-state index in [-0.39, 0.29) is 18.1 Å². The molecule has 0 aliphatic carbocycles. The molecule has 1 aliphatic rings. The van der Waals surface area contributed by atoms with Gasteiger partial charge < -0.3 is 14.7 Å². The molecule has 4 heteroatoms. The number of phenols is 1. The number of aromatic nitrogens is 1. The maximum absolute atomic E-state index is 9.37. The number of pyridine rings is 1. The van der Waals surface area contributed by atoms with Crippen molar-refractivity contribution in [2.24, 2.45) is 0 Å². The van der Waals surface area contributed by atoms with E-state index in [2.05, 4.69) is 16.8 Å². The second-order valence-electron chi connectivity index (χ2n) is 4.75. The summed E-state index contributed by atoms with van der Waals surface area (Å²) in [6, 6.07) is 11.1. The van der Waals surface area contributed by atoms with Crippen LogP contribution in [0, 0.1) is 0 Å². The topological polar surface area (TPSA) is 45.6 Å². The van der Waals surface area contributed by atoms with Crippen molar-refractivity contribution < 1.29 is 9.84 Å². The number of hydrogen-bond donors (Lipinski definition) is 1. The fraction of sp³-hybridized carbons (Fsp3) is 0.267. The second kappa shape index (κ2) is 4.90. The van der Waals surface area contributed by atoms with Gasteiger partial charge in [0.25, 0.3) is 0 Å². The molecule has 1 aromatic heterocycles. The van der Waals surface area contributed by atoms with Crippen LogP contribution in [0.4, 0.5) is 5.69 Å². The molecular weight excluding hydrogens is 240 g/mol. The summed E-state index contributed by atoms with van der Waals surface area (Å²) in [6.07, 6.45) is 3.63. The van der Waals surface area contributed by atoms with Crippen LogP contribution in [0.15, 0.2) is 48.8 Å². The zero-order chi connectivity index (χ0) is 13.2. The summed E-state index contributed by atoms with van der Waals surface area (Å²) < 4.78 is 5.97. The maximum Gasteiger partial charge on any atom is 0.158 e. The van der Waals surface area contributed by atoms with E-state index in [4.69, 9.17) is 4.74 Å². The van der Waals surface area contributed by atoms with Gasteiger partial charge in [-0.2, -0.15) is 0 Å². The van der Waals surface area contributed by atoms with E-state index in [9.17, 15) is 5.11 Å². The quantitative estimate of drug-likeness (QED) is 0.897. The Balaban J connectivity index is 1.92. The normalized spacial score (nSPS) is 22.7. The highest BCUT2D eigenvalue weighted by Gasteiger charge is 2.31. The van der Waals surface area contributed by atoms with Gasteiger partial charge >= 0.3 is 0 Å². The molecule has 4 nitrogen and oxygen atoms in total. The van der Waals surface area contributed by atoms with E-state index in [0.29, 0.717) is 0 Å². The fourth-order valence-corrected chi connectivity index (χ4v) is 2.37. The number of benzene rings is 1. The van der Waals surface area contributed by atoms with Gasteiger partial charge in [0.1, 0.15) is 5.75 Å². The third kappa shape index (κ3) is 2.39. The molecule has 1 aliphatic heterocycles. The SMILES string of the molecule is CC1CN(c2ccc(O)cc2)C(c2cccnc2)O1. The molecule has 98 valence electrons. The molecule has 0 radical (unpaired) electrons. The number of anilines is 1. The van der Waals surface area contributed by atoms with Crippen molar-refractivity contribution in [3.8, 4) is 5.75 Å². The van der Waals surface area contributed by atoms with Crippen LogP contribution < -0.4 is 4.90 Å². The van der Waals surface area contributed by atoms with Crippen molar-refractivity contribution >= 4 is 5.69 Å². The van der Waals surface area contributed by atoms with E-state index >= 15 is 0 Å². The van der Waals surface area contributed by atoms with Gasteiger partial charge in [-0.1, -0.05) is 6.07 Å². The van der Waals surface area contributed by atoms with Crippen LogP contribution in [0.1, 0.15) is 18.7 Å². The van der Waals surface area contributed by atoms with Gasteiger partial charge in [-0.15, -0.1) is 0 Å². The lowest BCUT2D eigenvalue weighted by atomic mass is 10.2. The van der Waals surface area contributed by atoms with Crippen LogP contribution in [0.2, 0.25) is 0 Å². The number of aromatic hydroxyl groups is 1. The van der Waals surface area contributed by atoms with Gasteiger partial charge in [0.2, 0.25) is 0 Å². The Bertz CT molecular complexity index is 542. The molecule has 2 atom stereocenters. The Morgan fingerprint density at radius 1 is 1.26 bits per heavy atom. The predicted octanol–water partition coefficient (Wildman–Crippen LogP) is 2.71. The van der Waals surface area contributed by atoms with Crippen LogP contribution in [0.5, 0.6) is 5.75 Å². The lowest BCUT2D eigenvalue weighted by Crippen LogP contribution is -2.23. The molecule has 0 spiro atoms. The zero-order valence-corrected chi connectivity index (χ0v) is 10.7. The van der Waals surface area contributed by atoms with Crippen LogP contribution in [0.25, 0.3) is 0 Å². The minimum Gasteiger partial charge on any atom is -0.508 e. The third-order valence-electron chi connectivity index (χ3n) is 3.25. The average Bonchev–Trinajstić information content (AvgIpc) is 2.83. The van der Waals surface area contributed by atoms with Gasteiger partial charge in [0.15, 0.2) is 6.23 Å². The molecule has 1 saturated heterocycles. The van der Waals surface area contributed by atoms with Crippen molar-refractivity contribution in [1.82, 2.24) is 4.98 Å². The minimum atomic E-state index is -0.117. The predicted molar refractivity (Wildman–Crippen MR) is 73.0 cm³/mol. The first-order chi connectivity index (χ1) is 9.24. The van der Waals surface area contributed by atoms with Gasteiger partial charge in [0, 0.05) is 30.2 Å². The highest BCUT2D eigenvalue weighted by Crippen LogP contribution is 2.34. The summed E-state index contributed by atoms with van der Waals surface area (Å²) in [5, 5.41) is 9.37. The number of hydrogen-bond acceptors (Lipinski definition) is 4. The fourth-order valence-electron chi connectivity index (χ4n) is 2.37. The van der Waals surface area contributed by atoms with Crippen LogP contribution >= 0.6 is 0 Å². The third-order valence-corrected chi connectivity index (χ3v) is 3.25. The lowest BCUT2D eigenvalue weighted by molar-refractivity contribution is 0.0585. The van der Waals surface area contributed by atoms with Crippen molar-refractivity contribution in [2.45, 2.75) is 19.3 Å². The van der Waals surface area contributed by atoms with E-state index in [1.54, 1.807) is 18.3 Å². The van der Waals surface area contributed by atoms with Crippen LogP contribution in [-0.2, 0) is 4.74 Å². The average molecular weight is 256 g/mol.